The molecule has 1 N–H and O–H groups in total. The highest BCUT2D eigenvalue weighted by molar-refractivity contribution is 9.39. The largest absolute Gasteiger partial charge is 0.466 e. The van der Waals surface area contributed by atoms with Crippen molar-refractivity contribution in [2.24, 2.45) is 17.3 Å². The summed E-state index contributed by atoms with van der Waals surface area (Å²) in [7, 11) is 0. The Hall–Kier alpha value is 0.870. The Morgan fingerprint density at radius 3 is 2.38 bits per heavy atom. The minimum atomic E-state index is -0.754. The second kappa shape index (κ2) is 4.86. The van der Waals surface area contributed by atoms with Crippen LogP contribution in [-0.2, 0) is 9.53 Å². The second-order valence-corrected chi connectivity index (χ2v) is 11.5. The van der Waals surface area contributed by atoms with Crippen molar-refractivity contribution in [2.75, 3.05) is 6.61 Å². The standard InChI is InChI=1S/C10H15Br3O3/c1-4-16-8(15)6-5(9(6,2)3)7(14)10(11,12)13/h5-7,14H,4H2,1-3H3/t5-,6-,7?/m1/s1. The number of carbonyl (C=O) groups is 1. The normalized spacial score (nSPS) is 29.7. The highest BCUT2D eigenvalue weighted by Crippen LogP contribution is 2.63. The van der Waals surface area contributed by atoms with E-state index in [2.05, 4.69) is 47.8 Å². The van der Waals surface area contributed by atoms with Crippen molar-refractivity contribution in [3.8, 4) is 0 Å². The second-order valence-electron chi connectivity index (χ2n) is 4.56. The minimum absolute atomic E-state index is 0.121. The van der Waals surface area contributed by atoms with Crippen LogP contribution < -0.4 is 0 Å². The zero-order valence-electron chi connectivity index (χ0n) is 9.34. The summed E-state index contributed by atoms with van der Waals surface area (Å²) in [5.74, 6) is -0.590. The first-order chi connectivity index (χ1) is 7.14. The molecule has 16 heavy (non-hydrogen) atoms. The van der Waals surface area contributed by atoms with Crippen LogP contribution in [0.2, 0.25) is 0 Å². The maximum absolute atomic E-state index is 11.7. The number of carbonyl (C=O) groups excluding carboxylic acids is 1. The Morgan fingerprint density at radius 1 is 1.50 bits per heavy atom. The molecule has 0 aliphatic heterocycles. The molecule has 0 saturated heterocycles. The number of hydrogen-bond acceptors (Lipinski definition) is 3. The zero-order chi connectivity index (χ0) is 12.7. The van der Waals surface area contributed by atoms with Crippen molar-refractivity contribution in [2.45, 2.75) is 29.0 Å². The number of alkyl halides is 3. The highest BCUT2D eigenvalue weighted by Gasteiger charge is 2.67. The molecular weight excluding hydrogens is 408 g/mol. The molecule has 1 rings (SSSR count). The van der Waals surface area contributed by atoms with E-state index in [0.29, 0.717) is 6.61 Å². The van der Waals surface area contributed by atoms with Gasteiger partial charge in [-0.3, -0.25) is 4.79 Å². The smallest absolute Gasteiger partial charge is 0.309 e. The van der Waals surface area contributed by atoms with E-state index in [4.69, 9.17) is 4.74 Å². The van der Waals surface area contributed by atoms with Gasteiger partial charge in [0.15, 0.2) is 2.14 Å². The number of rotatable bonds is 3. The van der Waals surface area contributed by atoms with E-state index in [-0.39, 0.29) is 23.2 Å². The summed E-state index contributed by atoms with van der Waals surface area (Å²) < 4.78 is 4.24. The van der Waals surface area contributed by atoms with Crippen molar-refractivity contribution < 1.29 is 14.6 Å². The van der Waals surface area contributed by atoms with E-state index in [9.17, 15) is 9.90 Å². The molecule has 0 bridgehead atoms. The topological polar surface area (TPSA) is 46.5 Å². The average molecular weight is 423 g/mol. The number of ether oxygens (including phenoxy) is 1. The summed E-state index contributed by atoms with van der Waals surface area (Å²) in [6.07, 6.45) is -0.711. The number of aliphatic hydroxyl groups is 1. The van der Waals surface area contributed by atoms with Gasteiger partial charge in [-0.1, -0.05) is 61.6 Å². The SMILES string of the molecule is CCOC(=O)[C@H]1[C@H](C(O)C(Br)(Br)Br)C1(C)C. The molecule has 94 valence electrons. The Morgan fingerprint density at radius 2 is 2.00 bits per heavy atom. The third-order valence-corrected chi connectivity index (χ3v) is 4.53. The van der Waals surface area contributed by atoms with Crippen LogP contribution in [-0.4, -0.2) is 25.9 Å². The summed E-state index contributed by atoms with van der Waals surface area (Å²) in [4.78, 5) is 11.7. The lowest BCUT2D eigenvalue weighted by Gasteiger charge is -2.21. The van der Waals surface area contributed by atoms with Crippen molar-refractivity contribution in [3.63, 3.8) is 0 Å². The van der Waals surface area contributed by atoms with E-state index in [0.717, 1.165) is 0 Å². The van der Waals surface area contributed by atoms with Gasteiger partial charge in [0.1, 0.15) is 0 Å². The van der Waals surface area contributed by atoms with Crippen LogP contribution in [0.3, 0.4) is 0 Å². The summed E-state index contributed by atoms with van der Waals surface area (Å²) in [5, 5.41) is 10.1. The molecule has 0 heterocycles. The third kappa shape index (κ3) is 2.82. The van der Waals surface area contributed by atoms with Gasteiger partial charge < -0.3 is 9.84 Å². The van der Waals surface area contributed by atoms with Crippen LogP contribution in [0, 0.1) is 17.3 Å². The zero-order valence-corrected chi connectivity index (χ0v) is 14.1. The van der Waals surface area contributed by atoms with Gasteiger partial charge in [-0.05, 0) is 12.3 Å². The molecule has 1 aliphatic rings. The molecule has 0 radical (unpaired) electrons. The van der Waals surface area contributed by atoms with E-state index < -0.39 is 8.25 Å². The molecule has 1 unspecified atom stereocenters. The lowest BCUT2D eigenvalue weighted by Crippen LogP contribution is -2.28. The molecule has 6 heteroatoms. The van der Waals surface area contributed by atoms with Crippen LogP contribution in [0.5, 0.6) is 0 Å². The number of aliphatic hydroxyl groups excluding tert-OH is 1. The number of esters is 1. The molecule has 3 nitrogen and oxygen atoms in total. The van der Waals surface area contributed by atoms with Crippen LogP contribution >= 0.6 is 47.8 Å². The van der Waals surface area contributed by atoms with Gasteiger partial charge in [0, 0.05) is 5.92 Å². The fourth-order valence-electron chi connectivity index (χ4n) is 2.15. The van der Waals surface area contributed by atoms with E-state index in [1.807, 2.05) is 13.8 Å². The van der Waals surface area contributed by atoms with Crippen molar-refractivity contribution in [1.82, 2.24) is 0 Å². The third-order valence-electron chi connectivity index (χ3n) is 3.13. The predicted octanol–water partition coefficient (Wildman–Crippen LogP) is 3.02. The first-order valence-electron chi connectivity index (χ1n) is 5.05. The number of halogens is 3. The van der Waals surface area contributed by atoms with Gasteiger partial charge >= 0.3 is 5.97 Å². The van der Waals surface area contributed by atoms with Crippen LogP contribution in [0.25, 0.3) is 0 Å². The molecule has 3 atom stereocenters. The van der Waals surface area contributed by atoms with Crippen molar-refractivity contribution in [3.05, 3.63) is 0 Å². The van der Waals surface area contributed by atoms with Gasteiger partial charge in [0.2, 0.25) is 0 Å². The molecule has 1 fully saturated rings. The Balaban J connectivity index is 2.75. The first kappa shape index (κ1) is 14.9. The number of hydrogen-bond donors (Lipinski definition) is 1. The molecule has 0 aromatic rings. The fraction of sp³-hybridized carbons (Fsp3) is 0.900. The summed E-state index contributed by atoms with van der Waals surface area (Å²) in [5.41, 5.74) is -0.230. The first-order valence-corrected chi connectivity index (χ1v) is 7.43. The van der Waals surface area contributed by atoms with Gasteiger partial charge in [-0.2, -0.15) is 0 Å². The lowest BCUT2D eigenvalue weighted by atomic mass is 10.1. The van der Waals surface area contributed by atoms with E-state index in [1.165, 1.54) is 0 Å². The summed E-state index contributed by atoms with van der Waals surface area (Å²) in [6, 6.07) is 0. The monoisotopic (exact) mass is 420 g/mol. The molecule has 1 saturated carbocycles. The van der Waals surface area contributed by atoms with Gasteiger partial charge in [0.05, 0.1) is 18.6 Å². The van der Waals surface area contributed by atoms with E-state index in [1.54, 1.807) is 6.92 Å². The van der Waals surface area contributed by atoms with Gasteiger partial charge in [-0.25, -0.2) is 0 Å². The maximum atomic E-state index is 11.7. The Bertz CT molecular complexity index is 286. The van der Waals surface area contributed by atoms with Crippen LogP contribution in [0.4, 0.5) is 0 Å². The van der Waals surface area contributed by atoms with Crippen molar-refractivity contribution in [1.29, 1.82) is 0 Å². The molecule has 0 amide bonds. The van der Waals surface area contributed by atoms with Crippen molar-refractivity contribution >= 4 is 53.8 Å². The quantitative estimate of drug-likeness (QED) is 0.561. The van der Waals surface area contributed by atoms with Crippen LogP contribution in [0.15, 0.2) is 0 Å². The molecule has 0 aromatic carbocycles. The minimum Gasteiger partial charge on any atom is -0.466 e. The predicted molar refractivity (Wildman–Crippen MR) is 72.9 cm³/mol. The molecule has 1 aliphatic carbocycles. The highest BCUT2D eigenvalue weighted by atomic mass is 80.0. The van der Waals surface area contributed by atoms with Crippen LogP contribution in [0.1, 0.15) is 20.8 Å². The molecular formula is C10H15Br3O3. The van der Waals surface area contributed by atoms with E-state index >= 15 is 0 Å². The average Bonchev–Trinajstić information content (AvgIpc) is 2.66. The molecule has 0 aromatic heterocycles. The Kier molecular flexibility index (Phi) is 4.54. The molecule has 0 spiro atoms. The van der Waals surface area contributed by atoms with Gasteiger partial charge in [-0.15, -0.1) is 0 Å². The lowest BCUT2D eigenvalue weighted by molar-refractivity contribution is -0.146. The fourth-order valence-corrected chi connectivity index (χ4v) is 3.01. The summed E-state index contributed by atoms with van der Waals surface area (Å²) in [6.45, 7) is 6.07. The summed E-state index contributed by atoms with van der Waals surface area (Å²) >= 11 is 9.85. The Labute approximate surface area is 121 Å². The maximum Gasteiger partial charge on any atom is 0.309 e. The van der Waals surface area contributed by atoms with Gasteiger partial charge in [0.25, 0.3) is 0 Å².